The van der Waals surface area contributed by atoms with Crippen LogP contribution in [0.15, 0.2) is 170 Å². The van der Waals surface area contributed by atoms with E-state index >= 15 is 0 Å². The number of para-hydroxylation sites is 1. The van der Waals surface area contributed by atoms with Gasteiger partial charge in [0, 0.05) is 48.0 Å². The number of thiophene rings is 1. The highest BCUT2D eigenvalue weighted by molar-refractivity contribution is 7.25. The summed E-state index contributed by atoms with van der Waals surface area (Å²) in [5, 5.41) is 2.56. The molecule has 3 nitrogen and oxygen atoms in total. The van der Waals surface area contributed by atoms with Crippen molar-refractivity contribution in [2.45, 2.75) is 5.41 Å². The number of nitrogens with zero attached hydrogens (tertiary/aromatic N) is 2. The molecular weight excluding hydrogens is 641 g/mol. The molecule has 3 heterocycles. The third kappa shape index (κ3) is 4.11. The van der Waals surface area contributed by atoms with Gasteiger partial charge in [0.2, 0.25) is 0 Å². The zero-order valence-corrected chi connectivity index (χ0v) is 28.2. The van der Waals surface area contributed by atoms with Gasteiger partial charge in [-0.3, -0.25) is 0 Å². The third-order valence-corrected chi connectivity index (χ3v) is 11.7. The second kappa shape index (κ2) is 10.8. The largest absolute Gasteiger partial charge is 0.457 e. The first-order valence-electron chi connectivity index (χ1n) is 17.2. The Hall–Kier alpha value is -6.36. The van der Waals surface area contributed by atoms with E-state index in [0.717, 1.165) is 50.7 Å². The van der Waals surface area contributed by atoms with E-state index in [9.17, 15) is 0 Å². The summed E-state index contributed by atoms with van der Waals surface area (Å²) < 4.78 is 9.36. The smallest absolute Gasteiger partial charge is 0.160 e. The van der Waals surface area contributed by atoms with Crippen molar-refractivity contribution in [1.82, 2.24) is 9.97 Å². The van der Waals surface area contributed by atoms with E-state index in [2.05, 4.69) is 152 Å². The molecule has 0 bridgehead atoms. The van der Waals surface area contributed by atoms with E-state index < -0.39 is 5.41 Å². The molecule has 9 aromatic rings. The summed E-state index contributed by atoms with van der Waals surface area (Å²) in [5.74, 6) is 2.41. The summed E-state index contributed by atoms with van der Waals surface area (Å²) in [5.41, 5.74) is 11.6. The number of ether oxygens (including phenoxy) is 1. The molecule has 1 aliphatic heterocycles. The van der Waals surface area contributed by atoms with Crippen LogP contribution in [0.2, 0.25) is 0 Å². The summed E-state index contributed by atoms with van der Waals surface area (Å²) in [6.45, 7) is 0. The first-order valence-corrected chi connectivity index (χ1v) is 18.1. The molecule has 2 aliphatic rings. The van der Waals surface area contributed by atoms with Gasteiger partial charge in [0.1, 0.15) is 11.5 Å². The van der Waals surface area contributed by atoms with Crippen molar-refractivity contribution in [2.24, 2.45) is 0 Å². The van der Waals surface area contributed by atoms with Crippen LogP contribution < -0.4 is 4.74 Å². The molecule has 1 spiro atoms. The summed E-state index contributed by atoms with van der Waals surface area (Å²) in [4.78, 5) is 10.3. The molecule has 0 saturated heterocycles. The van der Waals surface area contributed by atoms with Crippen LogP contribution in [0.3, 0.4) is 0 Å². The first kappa shape index (κ1) is 28.5. The fraction of sp³-hybridized carbons (Fsp3) is 0.0213. The second-order valence-electron chi connectivity index (χ2n) is 13.3. The average Bonchev–Trinajstić information content (AvgIpc) is 3.72. The van der Waals surface area contributed by atoms with Crippen LogP contribution in [-0.2, 0) is 5.41 Å². The van der Waals surface area contributed by atoms with Gasteiger partial charge in [0.25, 0.3) is 0 Å². The van der Waals surface area contributed by atoms with Crippen LogP contribution in [0.5, 0.6) is 11.5 Å². The van der Waals surface area contributed by atoms with Gasteiger partial charge in [-0.05, 0) is 52.6 Å². The maximum Gasteiger partial charge on any atom is 0.160 e. The van der Waals surface area contributed by atoms with Crippen molar-refractivity contribution in [3.63, 3.8) is 0 Å². The molecule has 0 N–H and O–H groups in total. The third-order valence-electron chi connectivity index (χ3n) is 10.6. The predicted molar refractivity (Wildman–Crippen MR) is 209 cm³/mol. The molecule has 0 radical (unpaired) electrons. The van der Waals surface area contributed by atoms with Crippen LogP contribution in [0, 0.1) is 0 Å². The molecule has 0 saturated carbocycles. The van der Waals surface area contributed by atoms with E-state index in [0.29, 0.717) is 5.82 Å². The van der Waals surface area contributed by atoms with Crippen molar-refractivity contribution < 1.29 is 4.74 Å². The Morgan fingerprint density at radius 1 is 0.412 bits per heavy atom. The molecule has 238 valence electrons. The fourth-order valence-corrected chi connectivity index (χ4v) is 9.51. The lowest BCUT2D eigenvalue weighted by Crippen LogP contribution is -2.32. The second-order valence-corrected chi connectivity index (χ2v) is 14.4. The van der Waals surface area contributed by atoms with E-state index in [1.54, 1.807) is 0 Å². The quantitative estimate of drug-likeness (QED) is 0.188. The monoisotopic (exact) mass is 668 g/mol. The number of rotatable bonds is 3. The minimum atomic E-state index is -0.498. The summed E-state index contributed by atoms with van der Waals surface area (Å²) >= 11 is 1.82. The van der Waals surface area contributed by atoms with E-state index in [-0.39, 0.29) is 0 Å². The van der Waals surface area contributed by atoms with Crippen molar-refractivity contribution in [2.75, 3.05) is 0 Å². The summed E-state index contributed by atoms with van der Waals surface area (Å²) in [7, 11) is 0. The van der Waals surface area contributed by atoms with Gasteiger partial charge in [-0.25, -0.2) is 9.97 Å². The van der Waals surface area contributed by atoms with Crippen LogP contribution in [0.1, 0.15) is 22.3 Å². The van der Waals surface area contributed by atoms with Crippen molar-refractivity contribution >= 4 is 31.5 Å². The van der Waals surface area contributed by atoms with Gasteiger partial charge in [0.15, 0.2) is 5.82 Å². The molecule has 7 aromatic carbocycles. The van der Waals surface area contributed by atoms with Gasteiger partial charge in [-0.1, -0.05) is 140 Å². The Labute approximate surface area is 299 Å². The van der Waals surface area contributed by atoms with Gasteiger partial charge in [-0.15, -0.1) is 11.3 Å². The Morgan fingerprint density at radius 3 is 1.78 bits per heavy atom. The molecule has 51 heavy (non-hydrogen) atoms. The molecule has 4 heteroatoms. The highest BCUT2D eigenvalue weighted by Crippen LogP contribution is 2.62. The Kier molecular flexibility index (Phi) is 6.04. The predicted octanol–water partition coefficient (Wildman–Crippen LogP) is 12.3. The molecule has 0 unspecified atom stereocenters. The standard InChI is InChI=1S/C47H28N2OS/c1-2-12-29(13-3-1)46-48-40(28-41(49-46)31-22-24-35-34-16-6-11-21-44(34)51-45(35)27-31)30-23-25-39-43(26-30)50-42-20-10-9-19-38(42)47(39)36-17-7-4-14-32(36)33-15-5-8-18-37(33)47/h1-28H. The maximum absolute atomic E-state index is 6.82. The molecule has 0 fully saturated rings. The van der Waals surface area contributed by atoms with Gasteiger partial charge in [0.05, 0.1) is 16.8 Å². The first-order chi connectivity index (χ1) is 25.3. The zero-order chi connectivity index (χ0) is 33.5. The normalized spacial score (nSPS) is 13.4. The topological polar surface area (TPSA) is 35.0 Å². The zero-order valence-electron chi connectivity index (χ0n) is 27.4. The van der Waals surface area contributed by atoms with E-state index in [1.165, 1.54) is 42.4 Å². The highest BCUT2D eigenvalue weighted by Gasteiger charge is 2.50. The number of hydrogen-bond donors (Lipinski definition) is 0. The van der Waals surface area contributed by atoms with Crippen LogP contribution in [-0.4, -0.2) is 9.97 Å². The average molecular weight is 669 g/mol. The molecular formula is C47H28N2OS. The Morgan fingerprint density at radius 2 is 1.00 bits per heavy atom. The molecule has 2 aromatic heterocycles. The summed E-state index contributed by atoms with van der Waals surface area (Å²) in [6, 6.07) is 60.5. The molecule has 1 aliphatic carbocycles. The van der Waals surface area contributed by atoms with Crippen LogP contribution in [0.25, 0.3) is 65.2 Å². The SMILES string of the molecule is c1ccc(-c2nc(-c3ccc4c(c3)Oc3ccccc3C43c4ccccc4-c4ccccc43)cc(-c3ccc4c(c3)sc3ccccc34)n2)cc1. The minimum Gasteiger partial charge on any atom is -0.457 e. The fourth-order valence-electron chi connectivity index (χ4n) is 8.36. The van der Waals surface area contributed by atoms with Gasteiger partial charge in [-0.2, -0.15) is 0 Å². The number of benzene rings is 7. The highest BCUT2D eigenvalue weighted by atomic mass is 32.1. The maximum atomic E-state index is 6.82. The van der Waals surface area contributed by atoms with Crippen molar-refractivity contribution in [3.8, 4) is 56.5 Å². The van der Waals surface area contributed by atoms with Crippen molar-refractivity contribution in [3.05, 3.63) is 192 Å². The number of fused-ring (bicyclic) bond motifs is 12. The van der Waals surface area contributed by atoms with E-state index in [1.807, 2.05) is 29.5 Å². The van der Waals surface area contributed by atoms with Gasteiger partial charge >= 0.3 is 0 Å². The molecule has 11 rings (SSSR count). The van der Waals surface area contributed by atoms with Crippen LogP contribution in [0.4, 0.5) is 0 Å². The number of hydrogen-bond acceptors (Lipinski definition) is 4. The number of aromatic nitrogens is 2. The molecule has 0 atom stereocenters. The Balaban J connectivity index is 1.12. The lowest BCUT2D eigenvalue weighted by molar-refractivity contribution is 0.436. The van der Waals surface area contributed by atoms with Gasteiger partial charge < -0.3 is 4.74 Å². The molecule has 0 amide bonds. The van der Waals surface area contributed by atoms with E-state index in [4.69, 9.17) is 14.7 Å². The Bertz CT molecular complexity index is 2810. The lowest BCUT2D eigenvalue weighted by Gasteiger charge is -2.39. The summed E-state index contributed by atoms with van der Waals surface area (Å²) in [6.07, 6.45) is 0. The van der Waals surface area contributed by atoms with Crippen molar-refractivity contribution in [1.29, 1.82) is 0 Å². The minimum absolute atomic E-state index is 0.498. The van der Waals surface area contributed by atoms with Crippen LogP contribution >= 0.6 is 11.3 Å². The lowest BCUT2D eigenvalue weighted by atomic mass is 9.66.